The fraction of sp³-hybridized carbons (Fsp3) is 0.235. The molecule has 0 bridgehead atoms. The highest BCUT2D eigenvalue weighted by molar-refractivity contribution is 5.99. The molecule has 2 rings (SSSR count). The largest absolute Gasteiger partial charge is 0.483 e. The highest BCUT2D eigenvalue weighted by Gasteiger charge is 2.12. The molecule has 0 aliphatic heterocycles. The van der Waals surface area contributed by atoms with Crippen LogP contribution in [0.1, 0.15) is 38.9 Å². The maximum absolute atomic E-state index is 11.8. The number of nitrogens with one attached hydrogen (secondary N) is 3. The van der Waals surface area contributed by atoms with Crippen LogP contribution in [-0.2, 0) is 4.79 Å². The summed E-state index contributed by atoms with van der Waals surface area (Å²) in [6.45, 7) is 4.98. The molecule has 126 valence electrons. The number of amides is 2. The third-order valence-electron chi connectivity index (χ3n) is 3.35. The summed E-state index contributed by atoms with van der Waals surface area (Å²) < 4.78 is 5.44. The van der Waals surface area contributed by atoms with Gasteiger partial charge in [-0.15, -0.1) is 0 Å². The highest BCUT2D eigenvalue weighted by atomic mass is 16.5. The minimum Gasteiger partial charge on any atom is -0.483 e. The van der Waals surface area contributed by atoms with Crippen molar-refractivity contribution in [1.29, 1.82) is 0 Å². The minimum atomic E-state index is -0.553. The van der Waals surface area contributed by atoms with Crippen LogP contribution in [0.15, 0.2) is 30.5 Å². The number of aryl methyl sites for hydroxylation is 2. The Kier molecular flexibility index (Phi) is 5.36. The van der Waals surface area contributed by atoms with Crippen LogP contribution in [0.4, 0.5) is 0 Å². The Morgan fingerprint density at radius 1 is 1.12 bits per heavy atom. The van der Waals surface area contributed by atoms with E-state index in [-0.39, 0.29) is 18.1 Å². The van der Waals surface area contributed by atoms with E-state index in [1.165, 1.54) is 19.2 Å². The number of carbonyl (C=O) groups is 3. The number of aromatic nitrogens is 1. The van der Waals surface area contributed by atoms with Crippen molar-refractivity contribution in [3.63, 3.8) is 0 Å². The van der Waals surface area contributed by atoms with Gasteiger partial charge in [0.15, 0.2) is 12.4 Å². The molecule has 0 radical (unpaired) electrons. The topological polar surface area (TPSA) is 100 Å². The third-order valence-corrected chi connectivity index (χ3v) is 3.35. The van der Waals surface area contributed by atoms with Crippen molar-refractivity contribution in [2.75, 3.05) is 6.61 Å². The summed E-state index contributed by atoms with van der Waals surface area (Å²) in [5.74, 6) is -0.589. The molecule has 0 fully saturated rings. The molecule has 0 saturated heterocycles. The molecule has 1 heterocycles. The average Bonchev–Trinajstić information content (AvgIpc) is 3.03. The van der Waals surface area contributed by atoms with E-state index in [1.54, 1.807) is 0 Å². The van der Waals surface area contributed by atoms with Gasteiger partial charge in [-0.25, -0.2) is 0 Å². The molecule has 2 aromatic rings. The number of hydrogen-bond acceptors (Lipinski definition) is 4. The first-order valence-electron chi connectivity index (χ1n) is 7.35. The summed E-state index contributed by atoms with van der Waals surface area (Å²) in [6.07, 6.45) is 1.43. The minimum absolute atomic E-state index is 0.156. The van der Waals surface area contributed by atoms with Gasteiger partial charge < -0.3 is 9.72 Å². The lowest BCUT2D eigenvalue weighted by Gasteiger charge is -2.10. The van der Waals surface area contributed by atoms with E-state index in [9.17, 15) is 14.4 Å². The maximum Gasteiger partial charge on any atom is 0.286 e. The normalized spacial score (nSPS) is 10.1. The van der Waals surface area contributed by atoms with Crippen LogP contribution in [0.5, 0.6) is 5.75 Å². The van der Waals surface area contributed by atoms with Crippen molar-refractivity contribution in [1.82, 2.24) is 15.8 Å². The van der Waals surface area contributed by atoms with E-state index >= 15 is 0 Å². The van der Waals surface area contributed by atoms with E-state index in [1.807, 2.05) is 32.0 Å². The second-order valence-electron chi connectivity index (χ2n) is 5.42. The van der Waals surface area contributed by atoms with Crippen LogP contribution in [0.25, 0.3) is 0 Å². The van der Waals surface area contributed by atoms with Crippen LogP contribution >= 0.6 is 0 Å². The van der Waals surface area contributed by atoms with Crippen molar-refractivity contribution < 1.29 is 19.1 Å². The van der Waals surface area contributed by atoms with Crippen LogP contribution in [0.3, 0.4) is 0 Å². The number of carbonyl (C=O) groups excluding carboxylic acids is 3. The van der Waals surface area contributed by atoms with Gasteiger partial charge in [-0.05, 0) is 44.0 Å². The smallest absolute Gasteiger partial charge is 0.286 e. The molecule has 1 aromatic heterocycles. The summed E-state index contributed by atoms with van der Waals surface area (Å²) in [5.41, 5.74) is 7.02. The predicted octanol–water partition coefficient (Wildman–Crippen LogP) is 1.67. The number of benzene rings is 1. The number of rotatable bonds is 5. The van der Waals surface area contributed by atoms with Gasteiger partial charge in [0.25, 0.3) is 11.8 Å². The highest BCUT2D eigenvalue weighted by Crippen LogP contribution is 2.18. The standard InChI is InChI=1S/C17H19N3O4/c1-10-4-5-11(2)15(6-10)24-9-16(22)19-20-17(23)14-7-13(8-18-14)12(3)21/h4-8,18H,9H2,1-3H3,(H,19,22)(H,20,23). The predicted molar refractivity (Wildman–Crippen MR) is 87.8 cm³/mol. The molecule has 2 amide bonds. The zero-order chi connectivity index (χ0) is 17.7. The van der Waals surface area contributed by atoms with Gasteiger partial charge in [0, 0.05) is 11.8 Å². The first kappa shape index (κ1) is 17.3. The van der Waals surface area contributed by atoms with E-state index < -0.39 is 11.8 Å². The lowest BCUT2D eigenvalue weighted by molar-refractivity contribution is -0.123. The van der Waals surface area contributed by atoms with E-state index in [2.05, 4.69) is 15.8 Å². The monoisotopic (exact) mass is 329 g/mol. The summed E-state index contributed by atoms with van der Waals surface area (Å²) >= 11 is 0. The molecule has 7 heteroatoms. The molecular formula is C17H19N3O4. The zero-order valence-corrected chi connectivity index (χ0v) is 13.7. The molecule has 0 atom stereocenters. The van der Waals surface area contributed by atoms with E-state index in [4.69, 9.17) is 4.74 Å². The second kappa shape index (κ2) is 7.45. The van der Waals surface area contributed by atoms with Gasteiger partial charge >= 0.3 is 0 Å². The van der Waals surface area contributed by atoms with Crippen LogP contribution in [0.2, 0.25) is 0 Å². The summed E-state index contributed by atoms with van der Waals surface area (Å²) in [6, 6.07) is 7.11. The van der Waals surface area contributed by atoms with Gasteiger partial charge in [0.05, 0.1) is 0 Å². The van der Waals surface area contributed by atoms with Gasteiger partial charge in [-0.3, -0.25) is 25.2 Å². The first-order chi connectivity index (χ1) is 11.4. The summed E-state index contributed by atoms with van der Waals surface area (Å²) in [4.78, 5) is 37.4. The molecule has 7 nitrogen and oxygen atoms in total. The van der Waals surface area contributed by atoms with Gasteiger partial charge in [-0.1, -0.05) is 12.1 Å². The molecule has 0 saturated carbocycles. The van der Waals surface area contributed by atoms with E-state index in [0.29, 0.717) is 11.3 Å². The number of H-pyrrole nitrogens is 1. The summed E-state index contributed by atoms with van der Waals surface area (Å²) in [5, 5.41) is 0. The Hall–Kier alpha value is -3.09. The maximum atomic E-state index is 11.8. The molecule has 0 spiro atoms. The Morgan fingerprint density at radius 2 is 1.88 bits per heavy atom. The Bertz CT molecular complexity index is 780. The second-order valence-corrected chi connectivity index (χ2v) is 5.42. The van der Waals surface area contributed by atoms with Crippen LogP contribution in [0, 0.1) is 13.8 Å². The molecule has 24 heavy (non-hydrogen) atoms. The van der Waals surface area contributed by atoms with Crippen molar-refractivity contribution in [2.45, 2.75) is 20.8 Å². The number of ketones is 1. The van der Waals surface area contributed by atoms with Crippen molar-refractivity contribution in [3.05, 3.63) is 52.8 Å². The average molecular weight is 329 g/mol. The Morgan fingerprint density at radius 3 is 2.54 bits per heavy atom. The van der Waals surface area contributed by atoms with E-state index in [0.717, 1.165) is 11.1 Å². The van der Waals surface area contributed by atoms with Crippen LogP contribution < -0.4 is 15.6 Å². The SMILES string of the molecule is CC(=O)c1c[nH]c(C(=O)NNC(=O)COc2cc(C)ccc2C)c1. The number of ether oxygens (including phenoxy) is 1. The molecular weight excluding hydrogens is 310 g/mol. The van der Waals surface area contributed by atoms with Crippen molar-refractivity contribution >= 4 is 17.6 Å². The number of aromatic amines is 1. The van der Waals surface area contributed by atoms with Crippen LogP contribution in [-0.4, -0.2) is 29.2 Å². The van der Waals surface area contributed by atoms with Crippen molar-refractivity contribution in [3.8, 4) is 5.75 Å². The zero-order valence-electron chi connectivity index (χ0n) is 13.7. The molecule has 3 N–H and O–H groups in total. The van der Waals surface area contributed by atoms with Gasteiger partial charge in [0.1, 0.15) is 11.4 Å². The summed E-state index contributed by atoms with van der Waals surface area (Å²) in [7, 11) is 0. The Balaban J connectivity index is 1.83. The van der Waals surface area contributed by atoms with Gasteiger partial charge in [-0.2, -0.15) is 0 Å². The first-order valence-corrected chi connectivity index (χ1v) is 7.35. The lowest BCUT2D eigenvalue weighted by atomic mass is 10.1. The molecule has 0 unspecified atom stereocenters. The van der Waals surface area contributed by atoms with Crippen molar-refractivity contribution in [2.24, 2.45) is 0 Å². The number of hydrogen-bond donors (Lipinski definition) is 3. The quantitative estimate of drug-likeness (QED) is 0.574. The molecule has 0 aliphatic rings. The fourth-order valence-corrected chi connectivity index (χ4v) is 1.96. The molecule has 1 aromatic carbocycles. The lowest BCUT2D eigenvalue weighted by Crippen LogP contribution is -2.44. The fourth-order valence-electron chi connectivity index (χ4n) is 1.96. The van der Waals surface area contributed by atoms with Gasteiger partial charge in [0.2, 0.25) is 0 Å². The molecule has 0 aliphatic carbocycles. The third kappa shape index (κ3) is 4.45. The Labute approximate surface area is 139 Å². The number of hydrazine groups is 1. The number of Topliss-reactive ketones (excluding diaryl/α,β-unsaturated/α-hetero) is 1.